The molecule has 1 heterocycles. The fourth-order valence-electron chi connectivity index (χ4n) is 1.57. The quantitative estimate of drug-likeness (QED) is 0.747. The molecule has 0 aromatic carbocycles. The van der Waals surface area contributed by atoms with Gasteiger partial charge in [0, 0.05) is 11.3 Å². The van der Waals surface area contributed by atoms with Crippen molar-refractivity contribution in [2.75, 3.05) is 7.11 Å². The predicted molar refractivity (Wildman–Crippen MR) is 72.8 cm³/mol. The van der Waals surface area contributed by atoms with Gasteiger partial charge in [0.1, 0.15) is 0 Å². The Morgan fingerprint density at radius 1 is 1.53 bits per heavy atom. The lowest BCUT2D eigenvalue weighted by Crippen LogP contribution is -2.30. The van der Waals surface area contributed by atoms with Crippen molar-refractivity contribution in [3.05, 3.63) is 22.4 Å². The monoisotopic (exact) mass is 285 g/mol. The molecule has 106 valence electrons. The molecule has 0 aliphatic rings. The van der Waals surface area contributed by atoms with Crippen molar-refractivity contribution in [1.29, 1.82) is 0 Å². The van der Waals surface area contributed by atoms with E-state index in [0.29, 0.717) is 6.42 Å². The molecule has 2 N–H and O–H groups in total. The Labute approximate surface area is 116 Å². The first kappa shape index (κ1) is 15.7. The van der Waals surface area contributed by atoms with E-state index in [2.05, 4.69) is 10.1 Å². The zero-order valence-corrected chi connectivity index (χ0v) is 11.9. The summed E-state index contributed by atoms with van der Waals surface area (Å²) in [4.78, 5) is 24.0. The van der Waals surface area contributed by atoms with E-state index in [-0.39, 0.29) is 30.8 Å². The lowest BCUT2D eigenvalue weighted by atomic mass is 10.1. The maximum absolute atomic E-state index is 11.8. The van der Waals surface area contributed by atoms with Crippen LogP contribution in [0, 0.1) is 0 Å². The van der Waals surface area contributed by atoms with Gasteiger partial charge >= 0.3 is 5.97 Å². The lowest BCUT2D eigenvalue weighted by molar-refractivity contribution is -0.141. The molecule has 1 aromatic heterocycles. The number of aliphatic hydroxyl groups is 1. The molecule has 1 rings (SSSR count). The highest BCUT2D eigenvalue weighted by atomic mass is 32.1. The number of methoxy groups -OCH3 is 1. The van der Waals surface area contributed by atoms with Gasteiger partial charge < -0.3 is 15.2 Å². The fraction of sp³-hybridized carbons (Fsp3) is 0.538. The maximum atomic E-state index is 11.8. The number of hydrogen-bond donors (Lipinski definition) is 2. The summed E-state index contributed by atoms with van der Waals surface area (Å²) in [5.41, 5.74) is 0. The third-order valence-corrected chi connectivity index (χ3v) is 3.60. The number of aliphatic hydroxyl groups excluding tert-OH is 1. The van der Waals surface area contributed by atoms with Crippen LogP contribution in [0.2, 0.25) is 0 Å². The molecule has 5 nitrogen and oxygen atoms in total. The predicted octanol–water partition coefficient (Wildman–Crippen LogP) is 1.63. The summed E-state index contributed by atoms with van der Waals surface area (Å²) >= 11 is 1.48. The number of nitrogens with one attached hydrogen (secondary N) is 1. The molecule has 0 fully saturated rings. The van der Waals surface area contributed by atoms with E-state index in [1.165, 1.54) is 18.4 Å². The third kappa shape index (κ3) is 5.85. The van der Waals surface area contributed by atoms with Gasteiger partial charge in [-0.2, -0.15) is 0 Å². The Morgan fingerprint density at radius 3 is 2.79 bits per heavy atom. The largest absolute Gasteiger partial charge is 0.469 e. The number of amides is 1. The van der Waals surface area contributed by atoms with Crippen LogP contribution in [0.3, 0.4) is 0 Å². The SMILES string of the molecule is COC(=O)CC(NC(=O)CCC(C)O)c1cccs1. The van der Waals surface area contributed by atoms with Crippen LogP contribution in [-0.4, -0.2) is 30.2 Å². The molecule has 6 heteroatoms. The minimum atomic E-state index is -0.508. The van der Waals surface area contributed by atoms with Crippen molar-refractivity contribution in [1.82, 2.24) is 5.32 Å². The Bertz CT molecular complexity index is 403. The Hall–Kier alpha value is -1.40. The topological polar surface area (TPSA) is 75.6 Å². The number of esters is 1. The number of ether oxygens (including phenoxy) is 1. The van der Waals surface area contributed by atoms with E-state index in [9.17, 15) is 9.59 Å². The molecule has 1 aromatic rings. The second kappa shape index (κ2) is 7.91. The Kier molecular flexibility index (Phi) is 6.52. The smallest absolute Gasteiger partial charge is 0.307 e. The second-order valence-electron chi connectivity index (χ2n) is 4.30. The summed E-state index contributed by atoms with van der Waals surface area (Å²) in [6.07, 6.45) is 0.242. The van der Waals surface area contributed by atoms with Crippen LogP contribution in [-0.2, 0) is 14.3 Å². The number of rotatable bonds is 7. The summed E-state index contributed by atoms with van der Waals surface area (Å²) in [5.74, 6) is -0.544. The molecule has 2 atom stereocenters. The molecule has 1 amide bonds. The summed E-state index contributed by atoms with van der Waals surface area (Å²) < 4.78 is 4.63. The highest BCUT2D eigenvalue weighted by Crippen LogP contribution is 2.22. The van der Waals surface area contributed by atoms with Crippen molar-refractivity contribution < 1.29 is 19.4 Å². The first-order valence-electron chi connectivity index (χ1n) is 6.10. The number of thiophene rings is 1. The van der Waals surface area contributed by atoms with Crippen molar-refractivity contribution >= 4 is 23.2 Å². The summed E-state index contributed by atoms with van der Waals surface area (Å²) in [7, 11) is 1.32. The molecule has 0 saturated heterocycles. The van der Waals surface area contributed by atoms with Crippen molar-refractivity contribution in [3.63, 3.8) is 0 Å². The van der Waals surface area contributed by atoms with Crippen LogP contribution in [0.5, 0.6) is 0 Å². The van der Waals surface area contributed by atoms with Gasteiger partial charge in [-0.05, 0) is 24.8 Å². The second-order valence-corrected chi connectivity index (χ2v) is 5.28. The van der Waals surface area contributed by atoms with Gasteiger partial charge in [0.15, 0.2) is 0 Å². The van der Waals surface area contributed by atoms with E-state index in [0.717, 1.165) is 4.88 Å². The third-order valence-electron chi connectivity index (χ3n) is 2.61. The average Bonchev–Trinajstić information content (AvgIpc) is 2.89. The van der Waals surface area contributed by atoms with E-state index in [1.807, 2.05) is 17.5 Å². The van der Waals surface area contributed by atoms with Crippen LogP contribution in [0.4, 0.5) is 0 Å². The standard InChI is InChI=1S/C13H19NO4S/c1-9(15)5-6-12(16)14-10(8-13(17)18-2)11-4-3-7-19-11/h3-4,7,9-10,15H,5-6,8H2,1-2H3,(H,14,16). The Morgan fingerprint density at radius 2 is 2.26 bits per heavy atom. The normalized spacial score (nSPS) is 13.6. The van der Waals surface area contributed by atoms with E-state index < -0.39 is 6.10 Å². The molecule has 0 aliphatic carbocycles. The van der Waals surface area contributed by atoms with Gasteiger partial charge in [0.05, 0.1) is 25.7 Å². The first-order chi connectivity index (χ1) is 9.02. The Balaban J connectivity index is 2.59. The van der Waals surface area contributed by atoms with Crippen LogP contribution >= 0.6 is 11.3 Å². The highest BCUT2D eigenvalue weighted by molar-refractivity contribution is 7.10. The van der Waals surface area contributed by atoms with Gasteiger partial charge in [0.2, 0.25) is 5.91 Å². The van der Waals surface area contributed by atoms with Gasteiger partial charge in [-0.15, -0.1) is 11.3 Å². The molecule has 0 bridgehead atoms. The van der Waals surface area contributed by atoms with Gasteiger partial charge in [0.25, 0.3) is 0 Å². The number of carbonyl (C=O) groups excluding carboxylic acids is 2. The zero-order valence-electron chi connectivity index (χ0n) is 11.1. The van der Waals surface area contributed by atoms with E-state index in [4.69, 9.17) is 5.11 Å². The zero-order chi connectivity index (χ0) is 14.3. The highest BCUT2D eigenvalue weighted by Gasteiger charge is 2.19. The average molecular weight is 285 g/mol. The van der Waals surface area contributed by atoms with Gasteiger partial charge in [-0.1, -0.05) is 6.07 Å². The summed E-state index contributed by atoms with van der Waals surface area (Å²) in [5, 5.41) is 13.8. The molecule has 0 spiro atoms. The number of carbonyl (C=O) groups is 2. The minimum absolute atomic E-state index is 0.109. The van der Waals surface area contributed by atoms with Crippen molar-refractivity contribution in [2.45, 2.75) is 38.3 Å². The molecular formula is C13H19NO4S. The van der Waals surface area contributed by atoms with Crippen LogP contribution in [0.15, 0.2) is 17.5 Å². The number of hydrogen-bond acceptors (Lipinski definition) is 5. The van der Waals surface area contributed by atoms with Gasteiger partial charge in [-0.25, -0.2) is 0 Å². The lowest BCUT2D eigenvalue weighted by Gasteiger charge is -2.16. The molecule has 0 aliphatic heterocycles. The van der Waals surface area contributed by atoms with Crippen LogP contribution in [0.1, 0.15) is 37.1 Å². The molecule has 2 unspecified atom stereocenters. The van der Waals surface area contributed by atoms with Crippen LogP contribution < -0.4 is 5.32 Å². The minimum Gasteiger partial charge on any atom is -0.469 e. The molecular weight excluding hydrogens is 266 g/mol. The summed E-state index contributed by atoms with van der Waals surface area (Å²) in [6, 6.07) is 3.37. The van der Waals surface area contributed by atoms with E-state index >= 15 is 0 Å². The van der Waals surface area contributed by atoms with Crippen molar-refractivity contribution in [2.24, 2.45) is 0 Å². The van der Waals surface area contributed by atoms with Gasteiger partial charge in [-0.3, -0.25) is 9.59 Å². The van der Waals surface area contributed by atoms with E-state index in [1.54, 1.807) is 6.92 Å². The summed E-state index contributed by atoms with van der Waals surface area (Å²) in [6.45, 7) is 1.64. The maximum Gasteiger partial charge on any atom is 0.307 e. The molecule has 0 saturated carbocycles. The first-order valence-corrected chi connectivity index (χ1v) is 6.98. The molecule has 19 heavy (non-hydrogen) atoms. The van der Waals surface area contributed by atoms with Crippen molar-refractivity contribution in [3.8, 4) is 0 Å². The molecule has 0 radical (unpaired) electrons. The fourth-order valence-corrected chi connectivity index (χ4v) is 2.35. The van der Waals surface area contributed by atoms with Crippen LogP contribution in [0.25, 0.3) is 0 Å².